The molecule has 0 aliphatic heterocycles. The van der Waals surface area contributed by atoms with E-state index in [1.54, 1.807) is 0 Å². The maximum Gasteiger partial charge on any atom is -0.0417 e. The van der Waals surface area contributed by atoms with Gasteiger partial charge in [0.1, 0.15) is 0 Å². The van der Waals surface area contributed by atoms with Crippen LogP contribution in [0.15, 0.2) is 0 Å². The molecule has 3 unspecified atom stereocenters. The molecule has 0 aromatic rings. The first-order chi connectivity index (χ1) is 7.84. The Labute approximate surface area is 111 Å². The van der Waals surface area contributed by atoms with Gasteiger partial charge < -0.3 is 0 Å². The Kier molecular flexibility index (Phi) is 9.00. The lowest BCUT2D eigenvalue weighted by molar-refractivity contribution is 0.283. The molecule has 3 atom stereocenters. The Bertz CT molecular complexity index is 169. The highest BCUT2D eigenvalue weighted by Crippen LogP contribution is 2.26. The van der Waals surface area contributed by atoms with Crippen LogP contribution in [-0.2, 0) is 0 Å². The third kappa shape index (κ3) is 8.69. The van der Waals surface area contributed by atoms with Crippen LogP contribution in [0.1, 0.15) is 80.6 Å². The van der Waals surface area contributed by atoms with Gasteiger partial charge in [-0.25, -0.2) is 0 Å². The second-order valence-corrected chi connectivity index (χ2v) is 7.08. The van der Waals surface area contributed by atoms with Crippen LogP contribution >= 0.6 is 0 Å². The first-order valence-corrected chi connectivity index (χ1v) is 7.84. The molecule has 0 bridgehead atoms. The van der Waals surface area contributed by atoms with Crippen LogP contribution < -0.4 is 0 Å². The van der Waals surface area contributed by atoms with Crippen molar-refractivity contribution in [2.24, 2.45) is 29.6 Å². The van der Waals surface area contributed by atoms with E-state index in [0.717, 1.165) is 29.6 Å². The van der Waals surface area contributed by atoms with Gasteiger partial charge in [0.15, 0.2) is 0 Å². The predicted octanol–water partition coefficient (Wildman–Crippen LogP) is 6.16. The molecular formula is C17H36. The average molecular weight is 240 g/mol. The van der Waals surface area contributed by atoms with Crippen molar-refractivity contribution in [3.63, 3.8) is 0 Å². The first-order valence-electron chi connectivity index (χ1n) is 7.84. The van der Waals surface area contributed by atoms with Crippen LogP contribution in [-0.4, -0.2) is 0 Å². The quantitative estimate of drug-likeness (QED) is 0.453. The fourth-order valence-corrected chi connectivity index (χ4v) is 2.28. The molecule has 0 fully saturated rings. The van der Waals surface area contributed by atoms with E-state index in [1.807, 2.05) is 0 Å². The van der Waals surface area contributed by atoms with Crippen molar-refractivity contribution in [3.05, 3.63) is 0 Å². The van der Waals surface area contributed by atoms with Gasteiger partial charge in [0, 0.05) is 0 Å². The van der Waals surface area contributed by atoms with Crippen molar-refractivity contribution in [1.29, 1.82) is 0 Å². The lowest BCUT2D eigenvalue weighted by Gasteiger charge is -2.23. The highest BCUT2D eigenvalue weighted by atomic mass is 14.2. The Morgan fingerprint density at radius 1 is 0.529 bits per heavy atom. The molecule has 0 rings (SSSR count). The van der Waals surface area contributed by atoms with Crippen LogP contribution in [0.3, 0.4) is 0 Å². The molecule has 0 saturated carbocycles. The van der Waals surface area contributed by atoms with Crippen molar-refractivity contribution in [3.8, 4) is 0 Å². The summed E-state index contributed by atoms with van der Waals surface area (Å²) in [6.45, 7) is 16.7. The second-order valence-electron chi connectivity index (χ2n) is 7.08. The van der Waals surface area contributed by atoms with Crippen LogP contribution in [0.4, 0.5) is 0 Å². The zero-order chi connectivity index (χ0) is 13.4. The third-order valence-corrected chi connectivity index (χ3v) is 4.63. The van der Waals surface area contributed by atoms with E-state index in [-0.39, 0.29) is 0 Å². The predicted molar refractivity (Wildman–Crippen MR) is 80.3 cm³/mol. The fourth-order valence-electron chi connectivity index (χ4n) is 2.28. The highest BCUT2D eigenvalue weighted by Gasteiger charge is 2.15. The van der Waals surface area contributed by atoms with E-state index in [4.69, 9.17) is 0 Å². The largest absolute Gasteiger partial charge is 0.0628 e. The summed E-state index contributed by atoms with van der Waals surface area (Å²) in [6, 6.07) is 0. The summed E-state index contributed by atoms with van der Waals surface area (Å²) in [5, 5.41) is 0. The molecule has 0 nitrogen and oxygen atoms in total. The Balaban J connectivity index is 3.70. The molecule has 0 heterocycles. The SMILES string of the molecule is CC(C)CCCC(C)C(C)CCC(C)C(C)C. The van der Waals surface area contributed by atoms with Crippen molar-refractivity contribution in [2.45, 2.75) is 80.6 Å². The van der Waals surface area contributed by atoms with Gasteiger partial charge in [-0.3, -0.25) is 0 Å². The summed E-state index contributed by atoms with van der Waals surface area (Å²) in [5.74, 6) is 4.42. The molecule has 0 amide bonds. The molecular weight excluding hydrogens is 204 g/mol. The molecule has 0 aromatic carbocycles. The van der Waals surface area contributed by atoms with Gasteiger partial charge in [-0.1, -0.05) is 80.6 Å². The Morgan fingerprint density at radius 2 is 1.00 bits per heavy atom. The second kappa shape index (κ2) is 9.00. The summed E-state index contributed by atoms with van der Waals surface area (Å²) in [5.41, 5.74) is 0. The van der Waals surface area contributed by atoms with E-state index in [2.05, 4.69) is 48.5 Å². The minimum Gasteiger partial charge on any atom is -0.0628 e. The zero-order valence-corrected chi connectivity index (χ0v) is 13.4. The van der Waals surface area contributed by atoms with Crippen LogP contribution in [0, 0.1) is 29.6 Å². The van der Waals surface area contributed by atoms with Gasteiger partial charge in [0.25, 0.3) is 0 Å². The molecule has 17 heavy (non-hydrogen) atoms. The number of hydrogen-bond donors (Lipinski definition) is 0. The maximum atomic E-state index is 2.45. The maximum absolute atomic E-state index is 2.45. The number of rotatable bonds is 9. The van der Waals surface area contributed by atoms with E-state index in [9.17, 15) is 0 Å². The van der Waals surface area contributed by atoms with Gasteiger partial charge >= 0.3 is 0 Å². The Morgan fingerprint density at radius 3 is 1.47 bits per heavy atom. The van der Waals surface area contributed by atoms with Gasteiger partial charge in [-0.05, 0) is 29.6 Å². The topological polar surface area (TPSA) is 0 Å². The molecule has 0 N–H and O–H groups in total. The molecule has 104 valence electrons. The molecule has 0 aliphatic carbocycles. The first kappa shape index (κ1) is 17.0. The van der Waals surface area contributed by atoms with E-state index in [1.165, 1.54) is 32.1 Å². The third-order valence-electron chi connectivity index (χ3n) is 4.63. The zero-order valence-electron chi connectivity index (χ0n) is 13.4. The summed E-state index contributed by atoms with van der Waals surface area (Å²) >= 11 is 0. The van der Waals surface area contributed by atoms with Crippen molar-refractivity contribution in [2.75, 3.05) is 0 Å². The molecule has 0 heteroatoms. The molecule has 0 spiro atoms. The lowest BCUT2D eigenvalue weighted by atomic mass is 9.83. The average Bonchev–Trinajstić information content (AvgIpc) is 2.24. The smallest absolute Gasteiger partial charge is 0.0417 e. The van der Waals surface area contributed by atoms with Gasteiger partial charge in [0.2, 0.25) is 0 Å². The summed E-state index contributed by atoms with van der Waals surface area (Å²) < 4.78 is 0. The summed E-state index contributed by atoms with van der Waals surface area (Å²) in [6.07, 6.45) is 7.08. The van der Waals surface area contributed by atoms with Crippen molar-refractivity contribution < 1.29 is 0 Å². The van der Waals surface area contributed by atoms with Gasteiger partial charge in [0.05, 0.1) is 0 Å². The molecule has 0 saturated heterocycles. The highest BCUT2D eigenvalue weighted by molar-refractivity contribution is 4.66. The van der Waals surface area contributed by atoms with E-state index >= 15 is 0 Å². The van der Waals surface area contributed by atoms with Gasteiger partial charge in [-0.15, -0.1) is 0 Å². The summed E-state index contributed by atoms with van der Waals surface area (Å²) in [4.78, 5) is 0. The number of hydrogen-bond acceptors (Lipinski definition) is 0. The molecule has 0 radical (unpaired) electrons. The Hall–Kier alpha value is 0. The minimum atomic E-state index is 0.846. The van der Waals surface area contributed by atoms with Crippen LogP contribution in [0.2, 0.25) is 0 Å². The minimum absolute atomic E-state index is 0.846. The fraction of sp³-hybridized carbons (Fsp3) is 1.00. The van der Waals surface area contributed by atoms with E-state index < -0.39 is 0 Å². The van der Waals surface area contributed by atoms with Crippen LogP contribution in [0.5, 0.6) is 0 Å². The molecule has 0 aliphatic rings. The molecule has 0 aromatic heterocycles. The van der Waals surface area contributed by atoms with Crippen molar-refractivity contribution in [1.82, 2.24) is 0 Å². The van der Waals surface area contributed by atoms with Crippen LogP contribution in [0.25, 0.3) is 0 Å². The van der Waals surface area contributed by atoms with Crippen molar-refractivity contribution >= 4 is 0 Å². The summed E-state index contributed by atoms with van der Waals surface area (Å²) in [7, 11) is 0. The normalized spacial score (nSPS) is 17.5. The van der Waals surface area contributed by atoms with Gasteiger partial charge in [-0.2, -0.15) is 0 Å². The monoisotopic (exact) mass is 240 g/mol. The standard InChI is InChI=1S/C17H36/c1-13(2)9-8-10-16(6)17(7)12-11-15(5)14(3)4/h13-17H,8-12H2,1-7H3. The van der Waals surface area contributed by atoms with E-state index in [0.29, 0.717) is 0 Å². The lowest BCUT2D eigenvalue weighted by Crippen LogP contribution is -2.12.